The molecule has 0 aliphatic carbocycles. The summed E-state index contributed by atoms with van der Waals surface area (Å²) in [4.78, 5) is 11.3. The molecule has 0 radical (unpaired) electrons. The van der Waals surface area contributed by atoms with Gasteiger partial charge in [0.15, 0.2) is 0 Å². The molecule has 1 atom stereocenters. The van der Waals surface area contributed by atoms with Gasteiger partial charge in [-0.2, -0.15) is 0 Å². The first-order valence-corrected chi connectivity index (χ1v) is 4.49. The third-order valence-electron chi connectivity index (χ3n) is 1.71. The van der Waals surface area contributed by atoms with Crippen molar-refractivity contribution in [1.29, 1.82) is 0 Å². The highest BCUT2D eigenvalue weighted by Gasteiger charge is 2.24. The molecule has 1 aliphatic rings. The molecule has 0 spiro atoms. The standard InChI is InChI=1S/C6H8N4OS/c11-6-5(7-1-2-8-6)4-3-12-10-9-4/h3,5,7H,1-2H2,(H,8,11). The van der Waals surface area contributed by atoms with Gasteiger partial charge in [-0.05, 0) is 11.5 Å². The van der Waals surface area contributed by atoms with Crippen LogP contribution in [0.4, 0.5) is 0 Å². The van der Waals surface area contributed by atoms with Crippen LogP contribution < -0.4 is 10.6 Å². The number of carbonyl (C=O) groups is 1. The van der Waals surface area contributed by atoms with Gasteiger partial charge in [-0.3, -0.25) is 10.1 Å². The lowest BCUT2D eigenvalue weighted by Crippen LogP contribution is -2.47. The summed E-state index contributed by atoms with van der Waals surface area (Å²) in [6.45, 7) is 1.47. The van der Waals surface area contributed by atoms with E-state index in [0.29, 0.717) is 12.2 Å². The van der Waals surface area contributed by atoms with E-state index in [0.717, 1.165) is 6.54 Å². The predicted molar refractivity (Wildman–Crippen MR) is 43.7 cm³/mol. The van der Waals surface area contributed by atoms with Crippen LogP contribution in [0.25, 0.3) is 0 Å². The van der Waals surface area contributed by atoms with Crippen LogP contribution in [0, 0.1) is 0 Å². The summed E-state index contributed by atoms with van der Waals surface area (Å²) < 4.78 is 3.70. The fraction of sp³-hybridized carbons (Fsp3) is 0.500. The zero-order valence-corrected chi connectivity index (χ0v) is 7.10. The molecule has 0 saturated carbocycles. The SMILES string of the molecule is O=C1NCCNC1c1csnn1. The number of nitrogens with zero attached hydrogens (tertiary/aromatic N) is 2. The van der Waals surface area contributed by atoms with Gasteiger partial charge in [0.05, 0.1) is 0 Å². The van der Waals surface area contributed by atoms with Crippen LogP contribution in [-0.4, -0.2) is 28.6 Å². The highest BCUT2D eigenvalue weighted by molar-refractivity contribution is 7.03. The Hall–Kier alpha value is -1.01. The fourth-order valence-corrected chi connectivity index (χ4v) is 1.61. The lowest BCUT2D eigenvalue weighted by molar-refractivity contribution is -0.124. The monoisotopic (exact) mass is 184 g/mol. The summed E-state index contributed by atoms with van der Waals surface area (Å²) in [5.41, 5.74) is 0.706. The third kappa shape index (κ3) is 1.30. The second-order valence-electron chi connectivity index (χ2n) is 2.51. The molecule has 12 heavy (non-hydrogen) atoms. The summed E-state index contributed by atoms with van der Waals surface area (Å²) in [5, 5.41) is 11.4. The van der Waals surface area contributed by atoms with E-state index in [-0.39, 0.29) is 11.9 Å². The molecule has 5 nitrogen and oxygen atoms in total. The maximum absolute atomic E-state index is 11.3. The molecule has 1 unspecified atom stereocenters. The minimum Gasteiger partial charge on any atom is -0.353 e. The van der Waals surface area contributed by atoms with Crippen molar-refractivity contribution in [3.63, 3.8) is 0 Å². The van der Waals surface area contributed by atoms with E-state index in [9.17, 15) is 4.79 Å². The number of hydrogen-bond donors (Lipinski definition) is 2. The summed E-state index contributed by atoms with van der Waals surface area (Å²) in [5.74, 6) is -0.0195. The number of aromatic nitrogens is 2. The van der Waals surface area contributed by atoms with Gasteiger partial charge in [0.2, 0.25) is 5.91 Å². The number of nitrogens with one attached hydrogen (secondary N) is 2. The van der Waals surface area contributed by atoms with Gasteiger partial charge in [0.25, 0.3) is 0 Å². The van der Waals surface area contributed by atoms with E-state index in [4.69, 9.17) is 0 Å². The van der Waals surface area contributed by atoms with Gasteiger partial charge in [0, 0.05) is 18.5 Å². The molecule has 2 heterocycles. The second-order valence-corrected chi connectivity index (χ2v) is 3.12. The van der Waals surface area contributed by atoms with E-state index in [1.807, 2.05) is 0 Å². The maximum Gasteiger partial charge on any atom is 0.243 e. The Balaban J connectivity index is 2.17. The Morgan fingerprint density at radius 3 is 3.17 bits per heavy atom. The average molecular weight is 184 g/mol. The van der Waals surface area contributed by atoms with E-state index >= 15 is 0 Å². The highest BCUT2D eigenvalue weighted by Crippen LogP contribution is 2.12. The smallest absolute Gasteiger partial charge is 0.243 e. The Bertz CT molecular complexity index is 273. The number of amides is 1. The van der Waals surface area contributed by atoms with Crippen molar-refractivity contribution in [2.24, 2.45) is 0 Å². The molecule has 64 valence electrons. The lowest BCUT2D eigenvalue weighted by atomic mass is 10.2. The molecular weight excluding hydrogens is 176 g/mol. The number of rotatable bonds is 1. The number of piperazine rings is 1. The van der Waals surface area contributed by atoms with Crippen molar-refractivity contribution in [2.75, 3.05) is 13.1 Å². The Morgan fingerprint density at radius 1 is 1.58 bits per heavy atom. The fourth-order valence-electron chi connectivity index (χ4n) is 1.13. The minimum atomic E-state index is -0.308. The molecule has 1 aromatic rings. The summed E-state index contributed by atoms with van der Waals surface area (Å²) in [6, 6.07) is -0.308. The molecule has 1 aromatic heterocycles. The zero-order valence-electron chi connectivity index (χ0n) is 6.28. The van der Waals surface area contributed by atoms with Crippen LogP contribution in [0.2, 0.25) is 0 Å². The molecule has 2 rings (SSSR count). The second kappa shape index (κ2) is 3.16. The summed E-state index contributed by atoms with van der Waals surface area (Å²) in [6.07, 6.45) is 0. The first-order chi connectivity index (χ1) is 5.88. The van der Waals surface area contributed by atoms with Crippen LogP contribution in [0.5, 0.6) is 0 Å². The van der Waals surface area contributed by atoms with Crippen molar-refractivity contribution < 1.29 is 4.79 Å². The maximum atomic E-state index is 11.3. The molecule has 1 amide bonds. The van der Waals surface area contributed by atoms with E-state index in [1.165, 1.54) is 11.5 Å². The van der Waals surface area contributed by atoms with Crippen molar-refractivity contribution in [2.45, 2.75) is 6.04 Å². The Labute approximate surface area is 73.3 Å². The van der Waals surface area contributed by atoms with Gasteiger partial charge in [0.1, 0.15) is 11.7 Å². The van der Waals surface area contributed by atoms with Gasteiger partial charge >= 0.3 is 0 Å². The Morgan fingerprint density at radius 2 is 2.50 bits per heavy atom. The van der Waals surface area contributed by atoms with Crippen LogP contribution in [0.1, 0.15) is 11.7 Å². The third-order valence-corrected chi connectivity index (χ3v) is 2.23. The molecule has 1 saturated heterocycles. The quantitative estimate of drug-likeness (QED) is 0.605. The van der Waals surface area contributed by atoms with Crippen LogP contribution in [0.15, 0.2) is 5.38 Å². The van der Waals surface area contributed by atoms with Crippen molar-refractivity contribution in [1.82, 2.24) is 20.2 Å². The largest absolute Gasteiger partial charge is 0.353 e. The Kier molecular flexibility index (Phi) is 2.01. The topological polar surface area (TPSA) is 66.9 Å². The predicted octanol–water partition coefficient (Wildman–Crippen LogP) is -0.701. The minimum absolute atomic E-state index is 0.0195. The van der Waals surface area contributed by atoms with Crippen molar-refractivity contribution in [3.8, 4) is 0 Å². The van der Waals surface area contributed by atoms with E-state index < -0.39 is 0 Å². The molecule has 0 aromatic carbocycles. The lowest BCUT2D eigenvalue weighted by Gasteiger charge is -2.21. The van der Waals surface area contributed by atoms with Gasteiger partial charge in [-0.15, -0.1) is 5.10 Å². The van der Waals surface area contributed by atoms with E-state index in [1.54, 1.807) is 5.38 Å². The first kappa shape index (κ1) is 7.63. The summed E-state index contributed by atoms with van der Waals surface area (Å²) >= 11 is 1.25. The molecule has 1 aliphatic heterocycles. The number of carbonyl (C=O) groups excluding carboxylic acids is 1. The van der Waals surface area contributed by atoms with Gasteiger partial charge < -0.3 is 5.32 Å². The number of hydrogen-bond acceptors (Lipinski definition) is 5. The first-order valence-electron chi connectivity index (χ1n) is 3.66. The van der Waals surface area contributed by atoms with Crippen LogP contribution >= 0.6 is 11.5 Å². The van der Waals surface area contributed by atoms with Crippen molar-refractivity contribution >= 4 is 17.4 Å². The molecule has 6 heteroatoms. The van der Waals surface area contributed by atoms with E-state index in [2.05, 4.69) is 20.2 Å². The van der Waals surface area contributed by atoms with Gasteiger partial charge in [-0.25, -0.2) is 0 Å². The van der Waals surface area contributed by atoms with Crippen molar-refractivity contribution in [3.05, 3.63) is 11.1 Å². The highest BCUT2D eigenvalue weighted by atomic mass is 32.1. The normalized spacial score (nSPS) is 23.7. The van der Waals surface area contributed by atoms with Crippen LogP contribution in [0.3, 0.4) is 0 Å². The molecule has 1 fully saturated rings. The molecular formula is C6H8N4OS. The van der Waals surface area contributed by atoms with Gasteiger partial charge in [-0.1, -0.05) is 4.49 Å². The van der Waals surface area contributed by atoms with Crippen LogP contribution in [-0.2, 0) is 4.79 Å². The average Bonchev–Trinajstić information content (AvgIpc) is 2.57. The molecule has 0 bridgehead atoms. The zero-order chi connectivity index (χ0) is 8.39. The summed E-state index contributed by atoms with van der Waals surface area (Å²) in [7, 11) is 0. The molecule has 2 N–H and O–H groups in total.